The van der Waals surface area contributed by atoms with Crippen molar-refractivity contribution in [3.63, 3.8) is 0 Å². The van der Waals surface area contributed by atoms with Crippen molar-refractivity contribution in [2.75, 3.05) is 11.4 Å². The molecule has 5 heteroatoms. The van der Waals surface area contributed by atoms with Crippen LogP contribution in [0.25, 0.3) is 0 Å². The van der Waals surface area contributed by atoms with Gasteiger partial charge in [-0.05, 0) is 37.5 Å². The van der Waals surface area contributed by atoms with E-state index in [1.54, 1.807) is 6.07 Å². The molecule has 112 valence electrons. The van der Waals surface area contributed by atoms with Gasteiger partial charge in [0, 0.05) is 12.2 Å². The minimum absolute atomic E-state index is 0. The maximum Gasteiger partial charge on any atom is 0.261 e. The van der Waals surface area contributed by atoms with Crippen LogP contribution < -0.4 is 10.6 Å². The number of furan rings is 1. The number of carbonyl (C=O) groups excluding carboxylic acids is 1. The highest BCUT2D eigenvalue weighted by atomic mass is 35.5. The Balaban J connectivity index is 0.00000161. The zero-order valence-corrected chi connectivity index (χ0v) is 12.8. The number of fused-ring (bicyclic) bond motifs is 1. The first kappa shape index (κ1) is 15.6. The van der Waals surface area contributed by atoms with Gasteiger partial charge in [-0.3, -0.25) is 4.79 Å². The summed E-state index contributed by atoms with van der Waals surface area (Å²) in [5, 5.41) is 0. The first-order valence-electron chi connectivity index (χ1n) is 6.88. The van der Waals surface area contributed by atoms with Crippen molar-refractivity contribution in [2.24, 2.45) is 5.73 Å². The molecule has 0 fully saturated rings. The lowest BCUT2D eigenvalue weighted by molar-refractivity contribution is 0.0984. The lowest BCUT2D eigenvalue weighted by Crippen LogP contribution is -2.35. The van der Waals surface area contributed by atoms with Gasteiger partial charge in [0.05, 0.1) is 12.1 Å². The molecule has 0 unspecified atom stereocenters. The van der Waals surface area contributed by atoms with Crippen LogP contribution in [0.1, 0.15) is 33.7 Å². The average Bonchev–Trinajstić information content (AvgIpc) is 2.94. The Labute approximate surface area is 130 Å². The number of benzene rings is 1. The van der Waals surface area contributed by atoms with Crippen LogP contribution >= 0.6 is 12.4 Å². The van der Waals surface area contributed by atoms with E-state index >= 15 is 0 Å². The molecule has 2 N–H and O–H groups in total. The highest BCUT2D eigenvalue weighted by Gasteiger charge is 2.24. The van der Waals surface area contributed by atoms with Gasteiger partial charge in [-0.1, -0.05) is 17.7 Å². The fourth-order valence-electron chi connectivity index (χ4n) is 2.69. The Bertz CT molecular complexity index is 651. The SMILES string of the molecule is Cc1ccc2c(c1)CCCN2C(=O)c1coc(CN)c1.Cl. The van der Waals surface area contributed by atoms with Crippen molar-refractivity contribution in [3.8, 4) is 0 Å². The predicted molar refractivity (Wildman–Crippen MR) is 85.0 cm³/mol. The largest absolute Gasteiger partial charge is 0.467 e. The second-order valence-corrected chi connectivity index (χ2v) is 5.20. The molecule has 0 atom stereocenters. The number of rotatable bonds is 2. The summed E-state index contributed by atoms with van der Waals surface area (Å²) in [6.07, 6.45) is 3.51. The topological polar surface area (TPSA) is 59.5 Å². The van der Waals surface area contributed by atoms with E-state index in [2.05, 4.69) is 13.0 Å². The van der Waals surface area contributed by atoms with Crippen molar-refractivity contribution in [1.29, 1.82) is 0 Å². The molecule has 3 rings (SSSR count). The summed E-state index contributed by atoms with van der Waals surface area (Å²) in [4.78, 5) is 14.4. The number of nitrogens with zero attached hydrogens (tertiary/aromatic N) is 1. The average molecular weight is 307 g/mol. The van der Waals surface area contributed by atoms with Crippen LogP contribution in [0.2, 0.25) is 0 Å². The van der Waals surface area contributed by atoms with Gasteiger partial charge in [-0.25, -0.2) is 0 Å². The van der Waals surface area contributed by atoms with Gasteiger partial charge in [0.2, 0.25) is 0 Å². The van der Waals surface area contributed by atoms with E-state index in [0.29, 0.717) is 17.9 Å². The summed E-state index contributed by atoms with van der Waals surface area (Å²) in [6, 6.07) is 7.97. The molecule has 2 aromatic rings. The summed E-state index contributed by atoms with van der Waals surface area (Å²) in [7, 11) is 0. The number of aryl methyl sites for hydroxylation is 2. The molecule has 0 saturated heterocycles. The van der Waals surface area contributed by atoms with Crippen LogP contribution in [0.4, 0.5) is 5.69 Å². The fraction of sp³-hybridized carbons (Fsp3) is 0.312. The molecule has 0 radical (unpaired) electrons. The normalized spacial score (nSPS) is 13.5. The number of nitrogens with two attached hydrogens (primary N) is 1. The Morgan fingerprint density at radius 3 is 2.90 bits per heavy atom. The van der Waals surface area contributed by atoms with E-state index in [9.17, 15) is 4.79 Å². The van der Waals surface area contributed by atoms with E-state index in [1.807, 2.05) is 17.0 Å². The quantitative estimate of drug-likeness (QED) is 0.927. The lowest BCUT2D eigenvalue weighted by atomic mass is 9.99. The van der Waals surface area contributed by atoms with Crippen LogP contribution in [0.15, 0.2) is 34.9 Å². The van der Waals surface area contributed by atoms with Gasteiger partial charge in [-0.15, -0.1) is 12.4 Å². The van der Waals surface area contributed by atoms with E-state index in [4.69, 9.17) is 10.2 Å². The third kappa shape index (κ3) is 2.96. The third-order valence-electron chi connectivity index (χ3n) is 3.70. The maximum absolute atomic E-state index is 12.6. The molecule has 1 aromatic carbocycles. The van der Waals surface area contributed by atoms with Gasteiger partial charge in [0.25, 0.3) is 5.91 Å². The van der Waals surface area contributed by atoms with E-state index in [-0.39, 0.29) is 18.3 Å². The standard InChI is InChI=1S/C16H18N2O2.ClH/c1-11-4-5-15-12(7-11)3-2-6-18(15)16(19)13-8-14(9-17)20-10-13;/h4-5,7-8,10H,2-3,6,9,17H2,1H3;1H. The summed E-state index contributed by atoms with van der Waals surface area (Å²) < 4.78 is 5.26. The molecule has 1 aliphatic heterocycles. The number of hydrogen-bond acceptors (Lipinski definition) is 3. The summed E-state index contributed by atoms with van der Waals surface area (Å²) in [5.74, 6) is 0.618. The number of hydrogen-bond donors (Lipinski definition) is 1. The van der Waals surface area contributed by atoms with E-state index in [0.717, 1.165) is 25.1 Å². The van der Waals surface area contributed by atoms with Gasteiger partial charge in [0.1, 0.15) is 12.0 Å². The van der Waals surface area contributed by atoms with Crippen LogP contribution in [-0.4, -0.2) is 12.5 Å². The van der Waals surface area contributed by atoms with Crippen LogP contribution in [0.3, 0.4) is 0 Å². The Morgan fingerprint density at radius 1 is 1.38 bits per heavy atom. The van der Waals surface area contributed by atoms with E-state index in [1.165, 1.54) is 17.4 Å². The molecule has 2 heterocycles. The van der Waals surface area contributed by atoms with Crippen molar-refractivity contribution in [1.82, 2.24) is 0 Å². The zero-order valence-electron chi connectivity index (χ0n) is 12.0. The number of anilines is 1. The van der Waals surface area contributed by atoms with Gasteiger partial charge < -0.3 is 15.1 Å². The van der Waals surface area contributed by atoms with Crippen molar-refractivity contribution in [3.05, 3.63) is 53.0 Å². The molecular weight excluding hydrogens is 288 g/mol. The van der Waals surface area contributed by atoms with Gasteiger partial charge >= 0.3 is 0 Å². The number of amides is 1. The summed E-state index contributed by atoms with van der Waals surface area (Å²) in [5.41, 5.74) is 9.57. The molecular formula is C16H19ClN2O2. The van der Waals surface area contributed by atoms with Crippen molar-refractivity contribution in [2.45, 2.75) is 26.3 Å². The first-order chi connectivity index (χ1) is 9.69. The Hall–Kier alpha value is -1.78. The minimum atomic E-state index is -0.0155. The van der Waals surface area contributed by atoms with Gasteiger partial charge in [-0.2, -0.15) is 0 Å². The molecule has 1 amide bonds. The molecule has 0 saturated carbocycles. The van der Waals surface area contributed by atoms with E-state index < -0.39 is 0 Å². The second-order valence-electron chi connectivity index (χ2n) is 5.20. The first-order valence-corrected chi connectivity index (χ1v) is 6.88. The Morgan fingerprint density at radius 2 is 2.19 bits per heavy atom. The van der Waals surface area contributed by atoms with Gasteiger partial charge in [0.15, 0.2) is 0 Å². The minimum Gasteiger partial charge on any atom is -0.467 e. The summed E-state index contributed by atoms with van der Waals surface area (Å²) in [6.45, 7) is 3.13. The lowest BCUT2D eigenvalue weighted by Gasteiger charge is -2.29. The van der Waals surface area contributed by atoms with Crippen molar-refractivity contribution < 1.29 is 9.21 Å². The molecule has 0 aliphatic carbocycles. The molecule has 0 spiro atoms. The van der Waals surface area contributed by atoms with Crippen molar-refractivity contribution >= 4 is 24.0 Å². The summed E-state index contributed by atoms with van der Waals surface area (Å²) >= 11 is 0. The van der Waals surface area contributed by atoms with Crippen LogP contribution in [0.5, 0.6) is 0 Å². The smallest absolute Gasteiger partial charge is 0.261 e. The molecule has 0 bridgehead atoms. The van der Waals surface area contributed by atoms with Crippen LogP contribution in [0, 0.1) is 6.92 Å². The molecule has 1 aliphatic rings. The number of carbonyl (C=O) groups is 1. The maximum atomic E-state index is 12.6. The highest BCUT2D eigenvalue weighted by Crippen LogP contribution is 2.29. The van der Waals surface area contributed by atoms with Crippen LogP contribution in [-0.2, 0) is 13.0 Å². The second kappa shape index (κ2) is 6.33. The monoisotopic (exact) mass is 306 g/mol. The third-order valence-corrected chi connectivity index (χ3v) is 3.70. The number of halogens is 1. The zero-order chi connectivity index (χ0) is 14.1. The highest BCUT2D eigenvalue weighted by molar-refractivity contribution is 6.06. The molecule has 4 nitrogen and oxygen atoms in total. The predicted octanol–water partition coefficient (Wildman–Crippen LogP) is 3.06. The Kier molecular flexibility index (Phi) is 4.70. The molecule has 1 aromatic heterocycles. The molecule has 21 heavy (non-hydrogen) atoms. The fourth-order valence-corrected chi connectivity index (χ4v) is 2.69.